The van der Waals surface area contributed by atoms with E-state index in [2.05, 4.69) is 31.2 Å². The second-order valence-corrected chi connectivity index (χ2v) is 11.5. The molecule has 0 radical (unpaired) electrons. The molecule has 0 aliphatic carbocycles. The van der Waals surface area contributed by atoms with Crippen LogP contribution in [0.5, 0.6) is 0 Å². The zero-order valence-electron chi connectivity index (χ0n) is 25.2. The van der Waals surface area contributed by atoms with Gasteiger partial charge in [0, 0.05) is 31.1 Å². The van der Waals surface area contributed by atoms with Gasteiger partial charge >= 0.3 is 6.03 Å². The summed E-state index contributed by atoms with van der Waals surface area (Å²) in [6, 6.07) is 11.2. The smallest absolute Gasteiger partial charge is 0.315 e. The first-order valence-electron chi connectivity index (χ1n) is 14.5. The molecule has 0 fully saturated rings. The fourth-order valence-electron chi connectivity index (χ4n) is 4.37. The van der Waals surface area contributed by atoms with E-state index in [9.17, 15) is 23.6 Å². The Hall–Kier alpha value is -4.85. The monoisotopic (exact) mass is 638 g/mol. The predicted molar refractivity (Wildman–Crippen MR) is 171 cm³/mol. The van der Waals surface area contributed by atoms with Crippen LogP contribution in [0.15, 0.2) is 71.2 Å². The number of rotatable bonds is 16. The molecule has 8 N–H and O–H groups in total. The number of hydrogen-bond donors (Lipinski definition) is 6. The van der Waals surface area contributed by atoms with Crippen LogP contribution in [0.4, 0.5) is 9.18 Å². The molecule has 240 valence electrons. The molecule has 3 atom stereocenters. The fraction of sp³-hybridized carbons (Fsp3) is 0.355. The Kier molecular flexibility index (Phi) is 13.4. The first kappa shape index (κ1) is 34.6. The first-order valence-corrected chi connectivity index (χ1v) is 15.3. The number of amides is 4. The van der Waals surface area contributed by atoms with Crippen LogP contribution in [-0.2, 0) is 22.6 Å². The topological polar surface area (TPSA) is 194 Å². The van der Waals surface area contributed by atoms with Crippen LogP contribution in [0.25, 0.3) is 0 Å². The summed E-state index contributed by atoms with van der Waals surface area (Å²) in [5.74, 6) is -2.34. The van der Waals surface area contributed by atoms with E-state index >= 15 is 0 Å². The number of nitrogens with two attached hydrogens (primary N) is 2. The number of nitrogens with one attached hydrogen (secondary N) is 4. The Morgan fingerprint density at radius 1 is 0.911 bits per heavy atom. The molecule has 0 saturated carbocycles. The lowest BCUT2D eigenvalue weighted by molar-refractivity contribution is -0.131. The summed E-state index contributed by atoms with van der Waals surface area (Å²) in [4.78, 5) is 61.2. The van der Waals surface area contributed by atoms with Crippen molar-refractivity contribution in [2.75, 3.05) is 6.54 Å². The number of carbonyl (C=O) groups excluding carboxylic acids is 4. The maximum Gasteiger partial charge on any atom is 0.315 e. The molecular formula is C31H39FN8O4S. The van der Waals surface area contributed by atoms with Crippen LogP contribution in [0, 0.1) is 11.7 Å². The van der Waals surface area contributed by atoms with Crippen molar-refractivity contribution in [3.63, 3.8) is 0 Å². The van der Waals surface area contributed by atoms with Gasteiger partial charge in [0.25, 0.3) is 0 Å². The van der Waals surface area contributed by atoms with Gasteiger partial charge in [0.05, 0.1) is 6.04 Å². The summed E-state index contributed by atoms with van der Waals surface area (Å²) in [7, 11) is 0. The fourth-order valence-corrected chi connectivity index (χ4v) is 5.00. The van der Waals surface area contributed by atoms with Crippen LogP contribution < -0.4 is 32.7 Å². The molecule has 1 aromatic heterocycles. The lowest BCUT2D eigenvalue weighted by Crippen LogP contribution is -2.58. The van der Waals surface area contributed by atoms with Gasteiger partial charge in [-0.1, -0.05) is 56.3 Å². The van der Waals surface area contributed by atoms with E-state index in [0.717, 1.165) is 16.9 Å². The summed E-state index contributed by atoms with van der Waals surface area (Å²) in [6.07, 6.45) is 2.31. The molecule has 0 aliphatic rings. The van der Waals surface area contributed by atoms with E-state index in [-0.39, 0.29) is 48.6 Å². The molecule has 45 heavy (non-hydrogen) atoms. The van der Waals surface area contributed by atoms with Crippen molar-refractivity contribution in [2.24, 2.45) is 22.4 Å². The van der Waals surface area contributed by atoms with Crippen molar-refractivity contribution in [1.82, 2.24) is 26.3 Å². The van der Waals surface area contributed by atoms with Crippen LogP contribution in [0.3, 0.4) is 0 Å². The molecule has 3 aromatic rings. The first-order chi connectivity index (χ1) is 21.5. The number of Topliss-reactive ketones (excluding diaryl/α,β-unsaturated/α-hetero) is 1. The van der Waals surface area contributed by atoms with Gasteiger partial charge in [0.1, 0.15) is 17.9 Å². The number of ketones is 1. The molecule has 4 amide bonds. The van der Waals surface area contributed by atoms with Crippen molar-refractivity contribution in [3.05, 3.63) is 88.1 Å². The molecule has 1 heterocycles. The number of guanidine groups is 1. The summed E-state index contributed by atoms with van der Waals surface area (Å²) >= 11 is 1.16. The number of thiazole rings is 1. The van der Waals surface area contributed by atoms with Crippen molar-refractivity contribution in [1.29, 1.82) is 0 Å². The largest absolute Gasteiger partial charge is 0.370 e. The molecular weight excluding hydrogens is 599 g/mol. The molecule has 0 bridgehead atoms. The Morgan fingerprint density at radius 3 is 2.24 bits per heavy atom. The number of halogens is 1. The lowest BCUT2D eigenvalue weighted by Gasteiger charge is -2.27. The number of carbonyl (C=O) groups is 4. The Balaban J connectivity index is 1.72. The van der Waals surface area contributed by atoms with E-state index in [1.54, 1.807) is 31.4 Å². The van der Waals surface area contributed by atoms with Gasteiger partial charge in [0.2, 0.25) is 17.6 Å². The van der Waals surface area contributed by atoms with E-state index < -0.39 is 41.8 Å². The molecule has 0 spiro atoms. The van der Waals surface area contributed by atoms with E-state index in [1.807, 2.05) is 30.3 Å². The highest BCUT2D eigenvalue weighted by atomic mass is 32.1. The zero-order valence-corrected chi connectivity index (χ0v) is 26.0. The van der Waals surface area contributed by atoms with Crippen molar-refractivity contribution in [2.45, 2.75) is 57.8 Å². The molecule has 2 aromatic carbocycles. The van der Waals surface area contributed by atoms with Crippen LogP contribution in [0.1, 0.15) is 47.6 Å². The molecule has 3 rings (SSSR count). The maximum atomic E-state index is 13.6. The second-order valence-electron chi connectivity index (χ2n) is 10.6. The molecule has 0 saturated heterocycles. The highest BCUT2D eigenvalue weighted by molar-refractivity contribution is 7.11. The van der Waals surface area contributed by atoms with Crippen molar-refractivity contribution in [3.8, 4) is 0 Å². The van der Waals surface area contributed by atoms with E-state index in [4.69, 9.17) is 11.5 Å². The standard InChI is InChI=1S/C31H39FN8O4S/c1-19(2)25(28(43)38-23(9-6-14-36-30(33)34)26(41)29-35-15-16-45-29)40-27(42)24(17-20-7-4-3-5-8-20)39-31(44)37-18-21-10-12-22(32)13-11-21/h3-5,7-8,10-13,15-16,19,23-25H,6,9,14,17-18H2,1-2H3,(H,38,43)(H,40,42)(H4,33,34,36)(H2,37,39,44)/t23-,24-,25-/m0/s1. The van der Waals surface area contributed by atoms with Gasteiger partial charge in [-0.25, -0.2) is 14.2 Å². The number of nitrogens with zero attached hydrogens (tertiary/aromatic N) is 2. The van der Waals surface area contributed by atoms with Gasteiger partial charge in [0.15, 0.2) is 11.0 Å². The molecule has 14 heteroatoms. The quantitative estimate of drug-likeness (QED) is 0.0599. The zero-order chi connectivity index (χ0) is 32.8. The minimum atomic E-state index is -1.04. The SMILES string of the molecule is CC(C)[C@H](NC(=O)[C@H](Cc1ccccc1)NC(=O)NCc1ccc(F)cc1)C(=O)N[C@@H](CCCN=C(N)N)C(=O)c1nccs1. The minimum absolute atomic E-state index is 0.0766. The summed E-state index contributed by atoms with van der Waals surface area (Å²) < 4.78 is 13.2. The summed E-state index contributed by atoms with van der Waals surface area (Å²) in [6.45, 7) is 3.90. The van der Waals surface area contributed by atoms with Gasteiger partial charge in [-0.15, -0.1) is 11.3 Å². The third-order valence-electron chi connectivity index (χ3n) is 6.74. The normalized spacial score (nSPS) is 12.8. The third-order valence-corrected chi connectivity index (χ3v) is 7.53. The number of urea groups is 1. The number of benzene rings is 2. The Bertz CT molecular complexity index is 1430. The van der Waals surface area contributed by atoms with Crippen LogP contribution in [-0.4, -0.2) is 59.2 Å². The van der Waals surface area contributed by atoms with Crippen LogP contribution >= 0.6 is 11.3 Å². The highest BCUT2D eigenvalue weighted by Gasteiger charge is 2.32. The van der Waals surface area contributed by atoms with Gasteiger partial charge in [-0.05, 0) is 42.0 Å². The molecule has 12 nitrogen and oxygen atoms in total. The predicted octanol–water partition coefficient (Wildman–Crippen LogP) is 2.25. The number of aromatic nitrogens is 1. The van der Waals surface area contributed by atoms with Gasteiger partial charge < -0.3 is 32.7 Å². The Labute approximate surface area is 265 Å². The van der Waals surface area contributed by atoms with Gasteiger partial charge in [-0.2, -0.15) is 0 Å². The Morgan fingerprint density at radius 2 is 1.62 bits per heavy atom. The highest BCUT2D eigenvalue weighted by Crippen LogP contribution is 2.13. The molecule has 0 aliphatic heterocycles. The molecule has 0 unspecified atom stereocenters. The van der Waals surface area contributed by atoms with Crippen molar-refractivity contribution >= 4 is 40.9 Å². The van der Waals surface area contributed by atoms with E-state index in [0.29, 0.717) is 12.0 Å². The van der Waals surface area contributed by atoms with E-state index in [1.165, 1.54) is 18.3 Å². The summed E-state index contributed by atoms with van der Waals surface area (Å²) in [5.41, 5.74) is 12.3. The summed E-state index contributed by atoms with van der Waals surface area (Å²) in [5, 5.41) is 12.8. The maximum absolute atomic E-state index is 13.6. The second kappa shape index (κ2) is 17.4. The third kappa shape index (κ3) is 11.6. The van der Waals surface area contributed by atoms with Crippen LogP contribution in [0.2, 0.25) is 0 Å². The lowest BCUT2D eigenvalue weighted by atomic mass is 9.99. The number of hydrogen-bond acceptors (Lipinski definition) is 7. The average molecular weight is 639 g/mol. The average Bonchev–Trinajstić information content (AvgIpc) is 3.56. The minimum Gasteiger partial charge on any atom is -0.370 e. The van der Waals surface area contributed by atoms with Gasteiger partial charge in [-0.3, -0.25) is 19.4 Å². The van der Waals surface area contributed by atoms with Crippen molar-refractivity contribution < 1.29 is 23.6 Å². The number of aliphatic imine (C=N–C) groups is 1.